The van der Waals surface area contributed by atoms with Gasteiger partial charge in [-0.25, -0.2) is 12.8 Å². The third-order valence-corrected chi connectivity index (χ3v) is 7.64. The number of sulfonamides is 1. The molecular formula is C25H25FN2O3S. The third-order valence-electron chi connectivity index (χ3n) is 5.73. The van der Waals surface area contributed by atoms with Gasteiger partial charge in [0, 0.05) is 26.2 Å². The number of amides is 1. The molecule has 1 fully saturated rings. The summed E-state index contributed by atoms with van der Waals surface area (Å²) in [5, 5.41) is 0. The average Bonchev–Trinajstić information content (AvgIpc) is 3.08. The van der Waals surface area contributed by atoms with Crippen LogP contribution in [0.2, 0.25) is 0 Å². The van der Waals surface area contributed by atoms with Crippen LogP contribution < -0.4 is 0 Å². The maximum atomic E-state index is 13.6. The van der Waals surface area contributed by atoms with Crippen molar-refractivity contribution in [2.45, 2.75) is 17.2 Å². The summed E-state index contributed by atoms with van der Waals surface area (Å²) in [5.41, 5.74) is 1.81. The van der Waals surface area contributed by atoms with Crippen molar-refractivity contribution in [3.8, 4) is 0 Å². The summed E-state index contributed by atoms with van der Waals surface area (Å²) in [6.45, 7) is 1.28. The van der Waals surface area contributed by atoms with Gasteiger partial charge in [-0.05, 0) is 41.8 Å². The normalized spacial score (nSPS) is 15.5. The summed E-state index contributed by atoms with van der Waals surface area (Å²) < 4.78 is 40.6. The van der Waals surface area contributed by atoms with Crippen molar-refractivity contribution >= 4 is 15.9 Å². The molecule has 3 aromatic rings. The number of hydrogen-bond acceptors (Lipinski definition) is 3. The van der Waals surface area contributed by atoms with E-state index in [4.69, 9.17) is 0 Å². The van der Waals surface area contributed by atoms with E-state index >= 15 is 0 Å². The van der Waals surface area contributed by atoms with Crippen LogP contribution in [0.15, 0.2) is 89.8 Å². The van der Waals surface area contributed by atoms with E-state index in [-0.39, 0.29) is 17.3 Å². The first kappa shape index (κ1) is 22.2. The van der Waals surface area contributed by atoms with E-state index in [1.807, 2.05) is 60.7 Å². The third kappa shape index (κ3) is 4.74. The fraction of sp³-hybridized carbons (Fsp3) is 0.240. The summed E-state index contributed by atoms with van der Waals surface area (Å²) in [7, 11) is -3.75. The maximum absolute atomic E-state index is 13.6. The Balaban J connectivity index is 1.55. The van der Waals surface area contributed by atoms with Crippen LogP contribution in [-0.4, -0.2) is 49.7 Å². The number of hydrogen-bond donors (Lipinski definition) is 0. The lowest BCUT2D eigenvalue weighted by atomic mass is 9.90. The number of rotatable bonds is 5. The first-order valence-corrected chi connectivity index (χ1v) is 12.1. The molecule has 0 unspecified atom stereocenters. The lowest BCUT2D eigenvalue weighted by molar-refractivity contribution is -0.131. The molecule has 0 atom stereocenters. The lowest BCUT2D eigenvalue weighted by Gasteiger charge is -2.27. The van der Waals surface area contributed by atoms with Gasteiger partial charge in [0.15, 0.2) is 0 Å². The average molecular weight is 453 g/mol. The SMILES string of the molecule is O=C(C(c1ccccc1)c1ccccc1)N1CCCN(S(=O)(=O)c2ccc(F)cc2)CC1. The maximum Gasteiger partial charge on any atom is 0.243 e. The van der Waals surface area contributed by atoms with E-state index in [1.165, 1.54) is 16.4 Å². The summed E-state index contributed by atoms with van der Waals surface area (Å²) in [4.78, 5) is 15.4. The smallest absolute Gasteiger partial charge is 0.243 e. The first-order chi connectivity index (χ1) is 15.5. The van der Waals surface area contributed by atoms with Crippen LogP contribution in [0.25, 0.3) is 0 Å². The van der Waals surface area contributed by atoms with Crippen LogP contribution in [0.5, 0.6) is 0 Å². The second kappa shape index (κ2) is 9.63. The topological polar surface area (TPSA) is 57.7 Å². The van der Waals surface area contributed by atoms with E-state index in [9.17, 15) is 17.6 Å². The van der Waals surface area contributed by atoms with E-state index in [2.05, 4.69) is 0 Å². The molecule has 5 nitrogen and oxygen atoms in total. The van der Waals surface area contributed by atoms with E-state index < -0.39 is 21.8 Å². The molecule has 0 radical (unpaired) electrons. The minimum atomic E-state index is -3.75. The van der Waals surface area contributed by atoms with Crippen LogP contribution in [0.3, 0.4) is 0 Å². The minimum Gasteiger partial charge on any atom is -0.341 e. The van der Waals surface area contributed by atoms with Crippen LogP contribution in [0, 0.1) is 5.82 Å². The zero-order chi connectivity index (χ0) is 22.6. The number of carbonyl (C=O) groups is 1. The Morgan fingerprint density at radius 2 is 1.31 bits per heavy atom. The lowest BCUT2D eigenvalue weighted by Crippen LogP contribution is -2.39. The fourth-order valence-corrected chi connectivity index (χ4v) is 5.53. The summed E-state index contributed by atoms with van der Waals surface area (Å²) in [6.07, 6.45) is 0.530. The largest absolute Gasteiger partial charge is 0.341 e. The van der Waals surface area contributed by atoms with Gasteiger partial charge in [0.25, 0.3) is 0 Å². The molecule has 4 rings (SSSR count). The molecule has 0 aromatic heterocycles. The first-order valence-electron chi connectivity index (χ1n) is 10.6. The highest BCUT2D eigenvalue weighted by Gasteiger charge is 2.32. The van der Waals surface area contributed by atoms with E-state index in [0.717, 1.165) is 23.3 Å². The van der Waals surface area contributed by atoms with Crippen molar-refractivity contribution in [2.24, 2.45) is 0 Å². The highest BCUT2D eigenvalue weighted by Crippen LogP contribution is 2.28. The van der Waals surface area contributed by atoms with Crippen molar-refractivity contribution in [2.75, 3.05) is 26.2 Å². The Labute approximate surface area is 188 Å². The molecule has 1 amide bonds. The van der Waals surface area contributed by atoms with E-state index in [1.54, 1.807) is 4.90 Å². The molecule has 166 valence electrons. The number of benzene rings is 3. The van der Waals surface area contributed by atoms with Gasteiger partial charge in [-0.15, -0.1) is 0 Å². The summed E-state index contributed by atoms with van der Waals surface area (Å²) >= 11 is 0. The summed E-state index contributed by atoms with van der Waals surface area (Å²) in [6, 6.07) is 24.1. The fourth-order valence-electron chi connectivity index (χ4n) is 4.06. The Kier molecular flexibility index (Phi) is 6.67. The Hall–Kier alpha value is -3.03. The van der Waals surface area contributed by atoms with Gasteiger partial charge in [0.2, 0.25) is 15.9 Å². The van der Waals surface area contributed by atoms with Gasteiger partial charge >= 0.3 is 0 Å². The van der Waals surface area contributed by atoms with Crippen LogP contribution in [0.4, 0.5) is 4.39 Å². The van der Waals surface area contributed by atoms with Crippen LogP contribution in [-0.2, 0) is 14.8 Å². The quantitative estimate of drug-likeness (QED) is 0.590. The van der Waals surface area contributed by atoms with Gasteiger partial charge in [0.1, 0.15) is 5.82 Å². The predicted molar refractivity (Wildman–Crippen MR) is 121 cm³/mol. The molecular weight excluding hydrogens is 427 g/mol. The highest BCUT2D eigenvalue weighted by molar-refractivity contribution is 7.89. The van der Waals surface area contributed by atoms with Crippen LogP contribution in [0.1, 0.15) is 23.5 Å². The Morgan fingerprint density at radius 3 is 1.88 bits per heavy atom. The molecule has 1 saturated heterocycles. The second-order valence-corrected chi connectivity index (χ2v) is 9.73. The molecule has 0 spiro atoms. The van der Waals surface area contributed by atoms with Gasteiger partial charge in [-0.3, -0.25) is 4.79 Å². The standard InChI is InChI=1S/C25H25FN2O3S/c26-22-12-14-23(15-13-22)32(30,31)28-17-7-16-27(18-19-28)25(29)24(20-8-3-1-4-9-20)21-10-5-2-6-11-21/h1-6,8-15,24H,7,16-19H2. The van der Waals surface area contributed by atoms with Crippen molar-refractivity contribution in [3.05, 3.63) is 102 Å². The Bertz CT molecular complexity index is 1110. The minimum absolute atomic E-state index is 0.0385. The molecule has 3 aromatic carbocycles. The van der Waals surface area contributed by atoms with Crippen molar-refractivity contribution in [1.82, 2.24) is 9.21 Å². The van der Waals surface area contributed by atoms with E-state index in [0.29, 0.717) is 26.1 Å². The Morgan fingerprint density at radius 1 is 0.750 bits per heavy atom. The molecule has 1 aliphatic heterocycles. The number of halogens is 1. The monoisotopic (exact) mass is 452 g/mol. The van der Waals surface area contributed by atoms with Crippen molar-refractivity contribution < 1.29 is 17.6 Å². The molecule has 7 heteroatoms. The molecule has 0 N–H and O–H groups in total. The van der Waals surface area contributed by atoms with Crippen LogP contribution >= 0.6 is 0 Å². The van der Waals surface area contributed by atoms with Crippen molar-refractivity contribution in [3.63, 3.8) is 0 Å². The van der Waals surface area contributed by atoms with Gasteiger partial charge < -0.3 is 4.90 Å². The molecule has 1 heterocycles. The molecule has 0 bridgehead atoms. The molecule has 0 saturated carbocycles. The summed E-state index contributed by atoms with van der Waals surface area (Å²) in [5.74, 6) is -0.967. The molecule has 0 aliphatic carbocycles. The molecule has 32 heavy (non-hydrogen) atoms. The number of nitrogens with zero attached hydrogens (tertiary/aromatic N) is 2. The highest BCUT2D eigenvalue weighted by atomic mass is 32.2. The van der Waals surface area contributed by atoms with Crippen molar-refractivity contribution in [1.29, 1.82) is 0 Å². The predicted octanol–water partition coefficient (Wildman–Crippen LogP) is 3.88. The van der Waals surface area contributed by atoms with Gasteiger partial charge in [-0.1, -0.05) is 60.7 Å². The zero-order valence-electron chi connectivity index (χ0n) is 17.6. The second-order valence-electron chi connectivity index (χ2n) is 7.79. The van der Waals surface area contributed by atoms with Gasteiger partial charge in [0.05, 0.1) is 10.8 Å². The number of carbonyl (C=O) groups excluding carboxylic acids is 1. The van der Waals surface area contributed by atoms with Gasteiger partial charge in [-0.2, -0.15) is 4.31 Å². The zero-order valence-corrected chi connectivity index (χ0v) is 18.4. The molecule has 1 aliphatic rings.